The van der Waals surface area contributed by atoms with E-state index in [0.29, 0.717) is 24.5 Å². The fourth-order valence-corrected chi connectivity index (χ4v) is 1.92. The number of nitrogens with zero attached hydrogens (tertiary/aromatic N) is 2. The van der Waals surface area contributed by atoms with Gasteiger partial charge in [-0.3, -0.25) is 0 Å². The molecule has 1 aromatic heterocycles. The molecule has 0 aliphatic carbocycles. The highest BCUT2D eigenvalue weighted by atomic mass is 16.4. The molecule has 19 heavy (non-hydrogen) atoms. The quantitative estimate of drug-likeness (QED) is 0.603. The van der Waals surface area contributed by atoms with Crippen molar-refractivity contribution in [3.05, 3.63) is 5.89 Å². The summed E-state index contributed by atoms with van der Waals surface area (Å²) in [6, 6.07) is 0.921. The Morgan fingerprint density at radius 3 is 2.68 bits per heavy atom. The maximum absolute atomic E-state index is 5.53. The van der Waals surface area contributed by atoms with Crippen LogP contribution in [0.4, 0.5) is 6.01 Å². The van der Waals surface area contributed by atoms with Gasteiger partial charge in [-0.1, -0.05) is 44.6 Å². The van der Waals surface area contributed by atoms with Crippen LogP contribution in [-0.4, -0.2) is 22.8 Å². The van der Waals surface area contributed by atoms with Gasteiger partial charge in [0, 0.05) is 6.04 Å². The molecule has 1 heterocycles. The van der Waals surface area contributed by atoms with Gasteiger partial charge in [0.15, 0.2) is 0 Å². The molecule has 1 unspecified atom stereocenters. The average Bonchev–Trinajstić information content (AvgIpc) is 2.83. The summed E-state index contributed by atoms with van der Waals surface area (Å²) < 4.78 is 5.53. The molecule has 0 fully saturated rings. The van der Waals surface area contributed by atoms with E-state index in [1.165, 1.54) is 25.7 Å². The van der Waals surface area contributed by atoms with E-state index in [9.17, 15) is 0 Å². The number of hydrogen-bond acceptors (Lipinski definition) is 5. The zero-order chi connectivity index (χ0) is 13.9. The van der Waals surface area contributed by atoms with Gasteiger partial charge in [0.25, 0.3) is 0 Å². The van der Waals surface area contributed by atoms with Gasteiger partial charge in [-0.05, 0) is 26.3 Å². The lowest BCUT2D eigenvalue weighted by molar-refractivity contribution is 0.470. The van der Waals surface area contributed by atoms with Crippen molar-refractivity contribution in [3.8, 4) is 0 Å². The molecule has 0 bridgehead atoms. The normalized spacial score (nSPS) is 12.6. The summed E-state index contributed by atoms with van der Waals surface area (Å²) in [5, 5.41) is 14.5. The summed E-state index contributed by atoms with van der Waals surface area (Å²) in [6.07, 6.45) is 7.40. The third kappa shape index (κ3) is 7.15. The Labute approximate surface area is 116 Å². The van der Waals surface area contributed by atoms with Crippen molar-refractivity contribution < 1.29 is 4.42 Å². The molecule has 0 spiro atoms. The van der Waals surface area contributed by atoms with E-state index in [2.05, 4.69) is 41.6 Å². The molecule has 5 heteroatoms. The predicted molar refractivity (Wildman–Crippen MR) is 78.1 cm³/mol. The minimum Gasteiger partial charge on any atom is -0.407 e. The highest BCUT2D eigenvalue weighted by molar-refractivity contribution is 5.18. The zero-order valence-corrected chi connectivity index (χ0v) is 12.5. The van der Waals surface area contributed by atoms with Crippen LogP contribution < -0.4 is 10.6 Å². The molecule has 0 amide bonds. The predicted octanol–water partition coefficient (Wildman–Crippen LogP) is 3.34. The first-order chi connectivity index (χ1) is 9.26. The Kier molecular flexibility index (Phi) is 8.21. The van der Waals surface area contributed by atoms with E-state index in [4.69, 9.17) is 4.42 Å². The van der Waals surface area contributed by atoms with E-state index in [0.717, 1.165) is 19.4 Å². The molecule has 0 saturated heterocycles. The third-order valence-corrected chi connectivity index (χ3v) is 3.03. The molecule has 2 N–H and O–H groups in total. The fraction of sp³-hybridized carbons (Fsp3) is 0.857. The smallest absolute Gasteiger partial charge is 0.315 e. The van der Waals surface area contributed by atoms with Gasteiger partial charge < -0.3 is 15.1 Å². The highest BCUT2D eigenvalue weighted by Gasteiger charge is 2.08. The van der Waals surface area contributed by atoms with Crippen molar-refractivity contribution in [1.82, 2.24) is 15.5 Å². The molecule has 0 saturated carbocycles. The number of unbranched alkanes of at least 4 members (excludes halogenated alkanes) is 3. The Morgan fingerprint density at radius 2 is 1.95 bits per heavy atom. The monoisotopic (exact) mass is 268 g/mol. The van der Waals surface area contributed by atoms with Gasteiger partial charge in [-0.25, -0.2) is 0 Å². The number of aromatic nitrogens is 2. The van der Waals surface area contributed by atoms with Crippen LogP contribution in [0.25, 0.3) is 0 Å². The van der Waals surface area contributed by atoms with Crippen LogP contribution in [0.15, 0.2) is 4.42 Å². The topological polar surface area (TPSA) is 63.0 Å². The van der Waals surface area contributed by atoms with Gasteiger partial charge in [0.05, 0.1) is 6.54 Å². The molecule has 0 aliphatic rings. The van der Waals surface area contributed by atoms with Gasteiger partial charge in [0.2, 0.25) is 5.89 Å². The van der Waals surface area contributed by atoms with Crippen molar-refractivity contribution >= 4 is 6.01 Å². The molecule has 110 valence electrons. The summed E-state index contributed by atoms with van der Waals surface area (Å²) in [5.74, 6) is 0.647. The van der Waals surface area contributed by atoms with E-state index < -0.39 is 0 Å². The van der Waals surface area contributed by atoms with Crippen LogP contribution in [-0.2, 0) is 6.54 Å². The Hall–Kier alpha value is -1.10. The lowest BCUT2D eigenvalue weighted by Crippen LogP contribution is -2.15. The second kappa shape index (κ2) is 9.78. The van der Waals surface area contributed by atoms with Crippen LogP contribution >= 0.6 is 0 Å². The number of hydrogen-bond donors (Lipinski definition) is 2. The molecule has 0 radical (unpaired) electrons. The molecule has 5 nitrogen and oxygen atoms in total. The highest BCUT2D eigenvalue weighted by Crippen LogP contribution is 2.11. The Balaban J connectivity index is 2.20. The molecule has 1 rings (SSSR count). The van der Waals surface area contributed by atoms with Gasteiger partial charge in [-0.15, -0.1) is 5.10 Å². The molecule has 0 aromatic carbocycles. The number of anilines is 1. The number of nitrogens with one attached hydrogen (secondary N) is 2. The maximum atomic E-state index is 5.53. The van der Waals surface area contributed by atoms with Crippen molar-refractivity contribution in [3.63, 3.8) is 0 Å². The first kappa shape index (κ1) is 16.0. The van der Waals surface area contributed by atoms with Crippen LogP contribution in [0.3, 0.4) is 0 Å². The van der Waals surface area contributed by atoms with Crippen molar-refractivity contribution in [2.45, 2.75) is 71.9 Å². The molecular weight excluding hydrogens is 240 g/mol. The molecule has 0 aliphatic heterocycles. The first-order valence-electron chi connectivity index (χ1n) is 7.55. The molecule has 1 atom stereocenters. The van der Waals surface area contributed by atoms with Crippen LogP contribution in [0.2, 0.25) is 0 Å². The van der Waals surface area contributed by atoms with Crippen LogP contribution in [0, 0.1) is 0 Å². The average molecular weight is 268 g/mol. The van der Waals surface area contributed by atoms with Gasteiger partial charge in [0.1, 0.15) is 0 Å². The summed E-state index contributed by atoms with van der Waals surface area (Å²) in [5.41, 5.74) is 0. The zero-order valence-electron chi connectivity index (χ0n) is 12.5. The van der Waals surface area contributed by atoms with Crippen LogP contribution in [0.5, 0.6) is 0 Å². The minimum atomic E-state index is 0.383. The lowest BCUT2D eigenvalue weighted by atomic mass is 10.1. The van der Waals surface area contributed by atoms with Crippen molar-refractivity contribution in [1.29, 1.82) is 0 Å². The summed E-state index contributed by atoms with van der Waals surface area (Å²) in [6.45, 7) is 8.14. The lowest BCUT2D eigenvalue weighted by Gasteiger charge is -2.10. The standard InChI is InChI=1S/C14H28N4O/c1-4-6-7-8-9-12(3)16-14-18-17-13(19-14)11-15-10-5-2/h12,15H,4-11H2,1-3H3,(H,16,18). The van der Waals surface area contributed by atoms with E-state index >= 15 is 0 Å². The second-order valence-corrected chi connectivity index (χ2v) is 5.07. The van der Waals surface area contributed by atoms with Gasteiger partial charge >= 0.3 is 6.01 Å². The summed E-state index contributed by atoms with van der Waals surface area (Å²) in [4.78, 5) is 0. The third-order valence-electron chi connectivity index (χ3n) is 3.03. The SMILES string of the molecule is CCCCCCC(C)Nc1nnc(CNCCC)o1. The van der Waals surface area contributed by atoms with Crippen molar-refractivity contribution in [2.24, 2.45) is 0 Å². The number of rotatable bonds is 11. The summed E-state index contributed by atoms with van der Waals surface area (Å²) >= 11 is 0. The summed E-state index contributed by atoms with van der Waals surface area (Å²) in [7, 11) is 0. The van der Waals surface area contributed by atoms with E-state index in [-0.39, 0.29) is 0 Å². The first-order valence-corrected chi connectivity index (χ1v) is 7.55. The van der Waals surface area contributed by atoms with Crippen LogP contribution in [0.1, 0.15) is 65.2 Å². The molecular formula is C14H28N4O. The largest absolute Gasteiger partial charge is 0.407 e. The maximum Gasteiger partial charge on any atom is 0.315 e. The second-order valence-electron chi connectivity index (χ2n) is 5.07. The minimum absolute atomic E-state index is 0.383. The Bertz CT molecular complexity index is 327. The Morgan fingerprint density at radius 1 is 1.11 bits per heavy atom. The van der Waals surface area contributed by atoms with E-state index in [1.54, 1.807) is 0 Å². The van der Waals surface area contributed by atoms with Gasteiger partial charge in [-0.2, -0.15) is 0 Å². The fourth-order valence-electron chi connectivity index (χ4n) is 1.92. The van der Waals surface area contributed by atoms with Crippen molar-refractivity contribution in [2.75, 3.05) is 11.9 Å². The van der Waals surface area contributed by atoms with E-state index in [1.807, 2.05) is 0 Å². The molecule has 1 aromatic rings.